The van der Waals surface area contributed by atoms with Gasteiger partial charge >= 0.3 is 0 Å². The molecule has 0 bridgehead atoms. The van der Waals surface area contributed by atoms with Gasteiger partial charge in [-0.25, -0.2) is 0 Å². The summed E-state index contributed by atoms with van der Waals surface area (Å²) in [5.41, 5.74) is 2.83. The van der Waals surface area contributed by atoms with Crippen molar-refractivity contribution in [1.82, 2.24) is 15.0 Å². The van der Waals surface area contributed by atoms with E-state index in [1.165, 1.54) is 6.07 Å². The Balaban J connectivity index is 1.50. The summed E-state index contributed by atoms with van der Waals surface area (Å²) in [6.07, 6.45) is 0.741. The number of aromatic nitrogens is 3. The number of ether oxygens (including phenoxy) is 1. The fourth-order valence-electron chi connectivity index (χ4n) is 4.37. The van der Waals surface area contributed by atoms with Crippen LogP contribution in [0.1, 0.15) is 50.8 Å². The van der Waals surface area contributed by atoms with E-state index in [1.54, 1.807) is 32.9 Å². The van der Waals surface area contributed by atoms with Gasteiger partial charge in [-0.15, -0.1) is 0 Å². The monoisotopic (exact) mass is 887 g/mol. The molecule has 0 saturated carbocycles. The molecule has 14 heteroatoms. The van der Waals surface area contributed by atoms with Gasteiger partial charge in [0.1, 0.15) is 16.8 Å². The number of ketones is 1. The predicted octanol–water partition coefficient (Wildman–Crippen LogP) is 9.34. The number of nitrogens with one attached hydrogen (secondary N) is 2. The number of halogens is 5. The molecule has 4 rings (SSSR count). The van der Waals surface area contributed by atoms with Crippen molar-refractivity contribution in [2.45, 2.75) is 53.5 Å². The second kappa shape index (κ2) is 14.6. The van der Waals surface area contributed by atoms with E-state index in [0.717, 1.165) is 21.7 Å². The summed E-state index contributed by atoms with van der Waals surface area (Å²) >= 11 is 20.4. The lowest BCUT2D eigenvalue weighted by molar-refractivity contribution is -0.136. The molecule has 0 fully saturated rings. The number of nitrogens with zero attached hydrogens (tertiary/aromatic N) is 3. The number of carbonyl (C=O) groups excluding carboxylic acids is 3. The van der Waals surface area contributed by atoms with Gasteiger partial charge in [0, 0.05) is 26.5 Å². The average molecular weight is 892 g/mol. The molecule has 0 saturated heterocycles. The molecule has 1 aromatic heterocycles. The maximum Gasteiger partial charge on any atom is 0.258 e. The first-order valence-electron chi connectivity index (χ1n) is 13.8. The van der Waals surface area contributed by atoms with E-state index in [-0.39, 0.29) is 23.0 Å². The van der Waals surface area contributed by atoms with Gasteiger partial charge in [-0.2, -0.15) is 15.0 Å². The fourth-order valence-corrected chi connectivity index (χ4v) is 6.77. The number of anilines is 2. The van der Waals surface area contributed by atoms with Crippen LogP contribution in [0.4, 0.5) is 11.4 Å². The van der Waals surface area contributed by atoms with Crippen molar-refractivity contribution < 1.29 is 19.1 Å². The van der Waals surface area contributed by atoms with Crippen LogP contribution in [0.5, 0.6) is 5.75 Å². The van der Waals surface area contributed by atoms with Crippen molar-refractivity contribution in [2.75, 3.05) is 17.2 Å². The van der Waals surface area contributed by atoms with Gasteiger partial charge in [-0.1, -0.05) is 50.1 Å². The lowest BCUT2D eigenvalue weighted by Gasteiger charge is -2.23. The standard InChI is InChI=1S/C31H30Br4ClN5O4/c1-15-8-11-20(16(2)13-15)45-12-6-7-21(42)37-17-9-10-18(36)19(14-17)38-30(44)28(29(43)31(3,4)5)41-39-26-24(34)22(32)23(33)25(35)27(26)40-41/h8-11,13-14,28H,6-7,12H2,1-5H3,(H,37,42)(H,38,44). The van der Waals surface area contributed by atoms with Crippen LogP contribution in [0.3, 0.4) is 0 Å². The number of aryl methyl sites for hydroxylation is 2. The quantitative estimate of drug-likeness (QED) is 0.0710. The van der Waals surface area contributed by atoms with Crippen LogP contribution in [0.15, 0.2) is 54.3 Å². The smallest absolute Gasteiger partial charge is 0.258 e. The largest absolute Gasteiger partial charge is 0.493 e. The van der Waals surface area contributed by atoms with Crippen LogP contribution in [-0.2, 0) is 14.4 Å². The molecule has 0 radical (unpaired) electrons. The molecule has 0 spiro atoms. The van der Waals surface area contributed by atoms with Gasteiger partial charge in [0.2, 0.25) is 11.9 Å². The van der Waals surface area contributed by atoms with Crippen LogP contribution in [-0.4, -0.2) is 39.2 Å². The molecule has 1 atom stereocenters. The predicted molar refractivity (Wildman–Crippen MR) is 191 cm³/mol. The zero-order valence-corrected chi connectivity index (χ0v) is 32.1. The summed E-state index contributed by atoms with van der Waals surface area (Å²) in [6.45, 7) is 9.54. The Bertz CT molecular complexity index is 1760. The number of rotatable bonds is 10. The molecule has 2 amide bonds. The Morgan fingerprint density at radius 3 is 2.11 bits per heavy atom. The third-order valence-corrected chi connectivity index (χ3v) is 11.8. The van der Waals surface area contributed by atoms with Crippen molar-refractivity contribution >= 4 is 115 Å². The summed E-state index contributed by atoms with van der Waals surface area (Å²) in [7, 11) is 0. The maximum atomic E-state index is 13.8. The van der Waals surface area contributed by atoms with Crippen LogP contribution in [0, 0.1) is 19.3 Å². The van der Waals surface area contributed by atoms with Gasteiger partial charge < -0.3 is 15.4 Å². The van der Waals surface area contributed by atoms with E-state index in [0.29, 0.717) is 47.6 Å². The third kappa shape index (κ3) is 8.34. The molecular formula is C31H30Br4ClN5O4. The van der Waals surface area contributed by atoms with Crippen molar-refractivity contribution in [3.8, 4) is 5.75 Å². The normalized spacial score (nSPS) is 12.2. The average Bonchev–Trinajstić information content (AvgIpc) is 3.40. The number of hydrogen-bond acceptors (Lipinski definition) is 6. The molecule has 238 valence electrons. The number of benzene rings is 3. The number of carbonyl (C=O) groups is 3. The van der Waals surface area contributed by atoms with Gasteiger partial charge in [-0.3, -0.25) is 14.4 Å². The van der Waals surface area contributed by atoms with E-state index in [4.69, 9.17) is 16.3 Å². The third-order valence-electron chi connectivity index (χ3n) is 6.73. The van der Waals surface area contributed by atoms with E-state index in [1.807, 2.05) is 32.0 Å². The second-order valence-corrected chi connectivity index (χ2v) is 15.0. The van der Waals surface area contributed by atoms with Crippen LogP contribution >= 0.6 is 75.3 Å². The Kier molecular flexibility index (Phi) is 11.5. The van der Waals surface area contributed by atoms with Crippen LogP contribution in [0.2, 0.25) is 5.02 Å². The Labute approximate surface area is 299 Å². The molecule has 2 N–H and O–H groups in total. The summed E-state index contributed by atoms with van der Waals surface area (Å²) in [4.78, 5) is 41.2. The molecule has 4 aromatic rings. The highest BCUT2D eigenvalue weighted by molar-refractivity contribution is 9.15. The van der Waals surface area contributed by atoms with Crippen LogP contribution < -0.4 is 15.4 Å². The SMILES string of the molecule is Cc1ccc(OCCCC(=O)Nc2ccc(Cl)c(NC(=O)C(C(=O)C(C)(C)C)n3nc4c(Br)c(Br)c(Br)c(Br)c4n3)c2)c(C)c1. The molecular weight excluding hydrogens is 861 g/mol. The summed E-state index contributed by atoms with van der Waals surface area (Å²) < 4.78 is 8.41. The van der Waals surface area contributed by atoms with Crippen molar-refractivity contribution in [3.05, 3.63) is 70.4 Å². The highest BCUT2D eigenvalue weighted by Crippen LogP contribution is 2.42. The summed E-state index contributed by atoms with van der Waals surface area (Å²) in [6, 6.07) is 9.26. The molecule has 3 aromatic carbocycles. The van der Waals surface area contributed by atoms with Gasteiger partial charge in [0.25, 0.3) is 5.91 Å². The Hall–Kier alpha value is -2.32. The zero-order chi connectivity index (χ0) is 33.2. The van der Waals surface area contributed by atoms with E-state index < -0.39 is 23.1 Å². The first kappa shape index (κ1) is 35.5. The number of amides is 2. The van der Waals surface area contributed by atoms with E-state index in [9.17, 15) is 14.4 Å². The fraction of sp³-hybridized carbons (Fsp3) is 0.323. The minimum atomic E-state index is -1.42. The van der Waals surface area contributed by atoms with Crippen molar-refractivity contribution in [3.63, 3.8) is 0 Å². The lowest BCUT2D eigenvalue weighted by atomic mass is 9.86. The van der Waals surface area contributed by atoms with E-state index in [2.05, 4.69) is 84.6 Å². The zero-order valence-electron chi connectivity index (χ0n) is 25.0. The summed E-state index contributed by atoms with van der Waals surface area (Å²) in [5, 5.41) is 14.8. The van der Waals surface area contributed by atoms with E-state index >= 15 is 0 Å². The van der Waals surface area contributed by atoms with Gasteiger partial charge in [-0.05, 0) is 114 Å². The highest BCUT2D eigenvalue weighted by atomic mass is 79.9. The Morgan fingerprint density at radius 1 is 0.911 bits per heavy atom. The number of Topliss-reactive ketones (excluding diaryl/α,β-unsaturated/α-hetero) is 1. The molecule has 45 heavy (non-hydrogen) atoms. The minimum absolute atomic E-state index is 0.217. The maximum absolute atomic E-state index is 13.8. The molecule has 0 aliphatic carbocycles. The van der Waals surface area contributed by atoms with Crippen molar-refractivity contribution in [1.29, 1.82) is 0 Å². The first-order chi connectivity index (χ1) is 21.1. The molecule has 0 aliphatic rings. The first-order valence-corrected chi connectivity index (χ1v) is 17.4. The number of fused-ring (bicyclic) bond motifs is 1. The Morgan fingerprint density at radius 2 is 1.53 bits per heavy atom. The van der Waals surface area contributed by atoms with Gasteiger partial charge in [0.05, 0.1) is 26.3 Å². The molecule has 1 heterocycles. The lowest BCUT2D eigenvalue weighted by Crippen LogP contribution is -2.39. The van der Waals surface area contributed by atoms with Crippen molar-refractivity contribution in [2.24, 2.45) is 5.41 Å². The summed E-state index contributed by atoms with van der Waals surface area (Å²) in [5.74, 6) is -0.522. The molecule has 9 nitrogen and oxygen atoms in total. The molecule has 0 aliphatic heterocycles. The minimum Gasteiger partial charge on any atom is -0.493 e. The molecule has 1 unspecified atom stereocenters. The highest BCUT2D eigenvalue weighted by Gasteiger charge is 2.38. The van der Waals surface area contributed by atoms with Gasteiger partial charge in [0.15, 0.2) is 5.78 Å². The topological polar surface area (TPSA) is 115 Å². The van der Waals surface area contributed by atoms with Crippen LogP contribution in [0.25, 0.3) is 11.0 Å². The second-order valence-electron chi connectivity index (χ2n) is 11.4. The number of hydrogen-bond donors (Lipinski definition) is 2.